The van der Waals surface area contributed by atoms with Gasteiger partial charge in [-0.3, -0.25) is 9.63 Å². The van der Waals surface area contributed by atoms with Crippen molar-refractivity contribution in [3.63, 3.8) is 0 Å². The molecular weight excluding hydrogens is 206 g/mol. The average molecular weight is 219 g/mol. The van der Waals surface area contributed by atoms with Crippen LogP contribution in [0.2, 0.25) is 0 Å². The molecule has 2 rings (SSSR count). The van der Waals surface area contributed by atoms with Gasteiger partial charge in [0.25, 0.3) is 5.91 Å². The molecule has 0 radical (unpaired) electrons. The molecule has 0 bridgehead atoms. The summed E-state index contributed by atoms with van der Waals surface area (Å²) >= 11 is 0. The Bertz CT molecular complexity index is 389. The smallest absolute Gasteiger partial charge is 0.280 e. The average Bonchev–Trinajstić information content (AvgIpc) is 2.39. The topological polar surface area (TPSA) is 38.8 Å². The number of hydroxylamine groups is 2. The van der Waals surface area contributed by atoms with Gasteiger partial charge in [-0.15, -0.1) is 0 Å². The Labute approximate surface area is 94.0 Å². The molecule has 1 aromatic rings. The fourth-order valence-corrected chi connectivity index (χ4v) is 1.50. The first kappa shape index (κ1) is 10.9. The number of hydrogen-bond donors (Lipinski definition) is 0. The summed E-state index contributed by atoms with van der Waals surface area (Å²) < 4.78 is 5.14. The lowest BCUT2D eigenvalue weighted by atomic mass is 10.2. The Hall–Kier alpha value is -1.65. The molecule has 0 aromatic heterocycles. The van der Waals surface area contributed by atoms with Crippen molar-refractivity contribution in [3.05, 3.63) is 48.0 Å². The lowest BCUT2D eigenvalue weighted by Crippen LogP contribution is -2.42. The van der Waals surface area contributed by atoms with E-state index >= 15 is 0 Å². The Morgan fingerprint density at radius 1 is 1.44 bits per heavy atom. The first-order valence-electron chi connectivity index (χ1n) is 5.04. The molecule has 0 spiro atoms. The fourth-order valence-electron chi connectivity index (χ4n) is 1.50. The zero-order chi connectivity index (χ0) is 11.4. The van der Waals surface area contributed by atoms with Crippen molar-refractivity contribution in [1.82, 2.24) is 5.06 Å². The van der Waals surface area contributed by atoms with E-state index in [1.54, 1.807) is 18.2 Å². The van der Waals surface area contributed by atoms with Crippen LogP contribution in [-0.4, -0.2) is 30.9 Å². The van der Waals surface area contributed by atoms with Crippen molar-refractivity contribution in [2.24, 2.45) is 0 Å². The third kappa shape index (κ3) is 2.13. The molecule has 0 saturated heterocycles. The number of carbonyl (C=O) groups excluding carboxylic acids is 1. The minimum atomic E-state index is -0.457. The standard InChI is InChI=1S/C12H13NO3/c1-15-11-8-5-9-16-13(11)12(14)10-6-3-2-4-7-10/h2-8,11H,9H2,1H3. The lowest BCUT2D eigenvalue weighted by molar-refractivity contribution is -0.194. The van der Waals surface area contributed by atoms with Crippen LogP contribution in [0.3, 0.4) is 0 Å². The maximum atomic E-state index is 12.1. The second-order valence-corrected chi connectivity index (χ2v) is 3.35. The van der Waals surface area contributed by atoms with E-state index in [1.165, 1.54) is 12.2 Å². The van der Waals surface area contributed by atoms with E-state index in [0.29, 0.717) is 12.2 Å². The lowest BCUT2D eigenvalue weighted by Gasteiger charge is -2.29. The van der Waals surface area contributed by atoms with Crippen LogP contribution < -0.4 is 0 Å². The highest BCUT2D eigenvalue weighted by Gasteiger charge is 2.25. The van der Waals surface area contributed by atoms with Gasteiger partial charge in [-0.2, -0.15) is 5.06 Å². The molecular formula is C12H13NO3. The maximum absolute atomic E-state index is 12.1. The third-order valence-corrected chi connectivity index (χ3v) is 2.30. The molecule has 84 valence electrons. The number of carbonyl (C=O) groups is 1. The summed E-state index contributed by atoms with van der Waals surface area (Å²) in [5, 5.41) is 1.25. The van der Waals surface area contributed by atoms with E-state index in [-0.39, 0.29) is 5.91 Å². The molecule has 4 nitrogen and oxygen atoms in total. The largest absolute Gasteiger partial charge is 0.356 e. The molecule has 1 amide bonds. The molecule has 1 atom stereocenters. The molecule has 1 aliphatic rings. The molecule has 16 heavy (non-hydrogen) atoms. The first-order chi connectivity index (χ1) is 7.83. The highest BCUT2D eigenvalue weighted by atomic mass is 16.7. The van der Waals surface area contributed by atoms with Crippen LogP contribution in [0.4, 0.5) is 0 Å². The van der Waals surface area contributed by atoms with Crippen LogP contribution in [0.1, 0.15) is 10.4 Å². The predicted octanol–water partition coefficient (Wildman–Crippen LogP) is 1.60. The van der Waals surface area contributed by atoms with Gasteiger partial charge in [0.05, 0.1) is 6.61 Å². The van der Waals surface area contributed by atoms with Crippen LogP contribution in [-0.2, 0) is 9.57 Å². The van der Waals surface area contributed by atoms with Crippen LogP contribution in [0, 0.1) is 0 Å². The van der Waals surface area contributed by atoms with Crippen LogP contribution in [0.5, 0.6) is 0 Å². The van der Waals surface area contributed by atoms with Crippen LogP contribution in [0.25, 0.3) is 0 Å². The molecule has 0 saturated carbocycles. The van der Waals surface area contributed by atoms with Gasteiger partial charge in [0.1, 0.15) is 0 Å². The van der Waals surface area contributed by atoms with Gasteiger partial charge < -0.3 is 4.74 Å². The highest BCUT2D eigenvalue weighted by molar-refractivity contribution is 5.93. The zero-order valence-electron chi connectivity index (χ0n) is 9.00. The summed E-state index contributed by atoms with van der Waals surface area (Å²) in [6, 6.07) is 8.98. The Kier molecular flexibility index (Phi) is 3.34. The van der Waals surface area contributed by atoms with Gasteiger partial charge in [-0.05, 0) is 18.2 Å². The monoisotopic (exact) mass is 219 g/mol. The number of methoxy groups -OCH3 is 1. The number of nitrogens with zero attached hydrogens (tertiary/aromatic N) is 1. The molecule has 1 unspecified atom stereocenters. The number of hydrogen-bond acceptors (Lipinski definition) is 3. The van der Waals surface area contributed by atoms with Crippen LogP contribution >= 0.6 is 0 Å². The Morgan fingerprint density at radius 3 is 2.88 bits per heavy atom. The van der Waals surface area contributed by atoms with Crippen LogP contribution in [0.15, 0.2) is 42.5 Å². The van der Waals surface area contributed by atoms with E-state index in [4.69, 9.17) is 9.57 Å². The zero-order valence-corrected chi connectivity index (χ0v) is 9.00. The van der Waals surface area contributed by atoms with E-state index in [0.717, 1.165) is 0 Å². The summed E-state index contributed by atoms with van der Waals surface area (Å²) in [5.41, 5.74) is 0.583. The van der Waals surface area contributed by atoms with Gasteiger partial charge in [0.2, 0.25) is 0 Å². The van der Waals surface area contributed by atoms with Crippen molar-refractivity contribution in [2.45, 2.75) is 6.23 Å². The first-order valence-corrected chi connectivity index (χ1v) is 5.04. The fraction of sp³-hybridized carbons (Fsp3) is 0.250. The molecule has 1 aliphatic heterocycles. The molecule has 1 aromatic carbocycles. The van der Waals surface area contributed by atoms with Gasteiger partial charge in [0.15, 0.2) is 6.23 Å². The summed E-state index contributed by atoms with van der Waals surface area (Å²) in [4.78, 5) is 17.3. The van der Waals surface area contributed by atoms with E-state index in [1.807, 2.05) is 24.3 Å². The number of benzene rings is 1. The minimum Gasteiger partial charge on any atom is -0.356 e. The van der Waals surface area contributed by atoms with Crippen molar-refractivity contribution in [2.75, 3.05) is 13.7 Å². The second kappa shape index (κ2) is 4.92. The number of rotatable bonds is 2. The van der Waals surface area contributed by atoms with E-state index < -0.39 is 6.23 Å². The van der Waals surface area contributed by atoms with E-state index in [9.17, 15) is 4.79 Å². The maximum Gasteiger partial charge on any atom is 0.280 e. The Morgan fingerprint density at radius 2 is 2.19 bits per heavy atom. The Balaban J connectivity index is 2.18. The predicted molar refractivity (Wildman–Crippen MR) is 58.5 cm³/mol. The van der Waals surface area contributed by atoms with E-state index in [2.05, 4.69) is 0 Å². The number of ether oxygens (including phenoxy) is 1. The summed E-state index contributed by atoms with van der Waals surface area (Å²) in [7, 11) is 1.54. The normalized spacial score (nSPS) is 19.8. The van der Waals surface area contributed by atoms with Gasteiger partial charge in [-0.25, -0.2) is 0 Å². The number of amides is 1. The molecule has 0 N–H and O–H groups in total. The minimum absolute atomic E-state index is 0.197. The van der Waals surface area contributed by atoms with Gasteiger partial charge in [-0.1, -0.05) is 24.3 Å². The van der Waals surface area contributed by atoms with Gasteiger partial charge in [0, 0.05) is 12.7 Å². The second-order valence-electron chi connectivity index (χ2n) is 3.35. The SMILES string of the molecule is COC1C=CCON1C(=O)c1ccccc1. The molecule has 0 aliphatic carbocycles. The molecule has 0 fully saturated rings. The van der Waals surface area contributed by atoms with Crippen molar-refractivity contribution in [1.29, 1.82) is 0 Å². The quantitative estimate of drug-likeness (QED) is 0.709. The van der Waals surface area contributed by atoms with Gasteiger partial charge >= 0.3 is 0 Å². The highest BCUT2D eigenvalue weighted by Crippen LogP contribution is 2.13. The third-order valence-electron chi connectivity index (χ3n) is 2.30. The van der Waals surface area contributed by atoms with Crippen molar-refractivity contribution < 1.29 is 14.4 Å². The molecule has 1 heterocycles. The summed E-state index contributed by atoms with van der Waals surface area (Å²) in [6.07, 6.45) is 3.16. The van der Waals surface area contributed by atoms with Crippen molar-refractivity contribution >= 4 is 5.91 Å². The van der Waals surface area contributed by atoms with Crippen molar-refractivity contribution in [3.8, 4) is 0 Å². The molecule has 4 heteroatoms. The summed E-state index contributed by atoms with van der Waals surface area (Å²) in [6.45, 7) is 0.387. The summed E-state index contributed by atoms with van der Waals surface area (Å²) in [5.74, 6) is -0.197.